The van der Waals surface area contributed by atoms with Gasteiger partial charge in [-0.3, -0.25) is 0 Å². The summed E-state index contributed by atoms with van der Waals surface area (Å²) < 4.78 is 28.3. The van der Waals surface area contributed by atoms with Crippen LogP contribution < -0.4 is 4.90 Å². The van der Waals surface area contributed by atoms with E-state index in [1.54, 1.807) is 0 Å². The van der Waals surface area contributed by atoms with E-state index in [1.807, 2.05) is 18.2 Å². The smallest absolute Gasteiger partial charge is 0.161 e. The molecule has 1 saturated carbocycles. The first kappa shape index (κ1) is 19.3. The minimum absolute atomic E-state index is 0.157. The van der Waals surface area contributed by atoms with Crippen LogP contribution in [-0.2, 0) is 27.3 Å². The Hall–Kier alpha value is -1.99. The second-order valence-electron chi connectivity index (χ2n) is 7.61. The van der Waals surface area contributed by atoms with Crippen LogP contribution in [-0.4, -0.2) is 50.4 Å². The number of hydrogen-bond donors (Lipinski definition) is 1. The average molecular weight is 401 g/mol. The quantitative estimate of drug-likeness (QED) is 0.720. The Morgan fingerprint density at radius 1 is 1.11 bits per heavy atom. The molecule has 2 fully saturated rings. The molecule has 7 heteroatoms. The summed E-state index contributed by atoms with van der Waals surface area (Å²) in [5.74, 6) is 1.68. The van der Waals surface area contributed by atoms with Gasteiger partial charge in [0.15, 0.2) is 5.82 Å². The van der Waals surface area contributed by atoms with Gasteiger partial charge < -0.3 is 9.64 Å². The molecule has 1 aliphatic carbocycles. The first-order chi connectivity index (χ1) is 13.6. The zero-order valence-corrected chi connectivity index (χ0v) is 16.9. The molecule has 2 heterocycles. The van der Waals surface area contributed by atoms with Gasteiger partial charge in [0, 0.05) is 30.1 Å². The van der Waals surface area contributed by atoms with E-state index < -0.39 is 10.7 Å². The molecule has 0 spiro atoms. The van der Waals surface area contributed by atoms with Crippen LogP contribution in [0.15, 0.2) is 30.3 Å². The highest BCUT2D eigenvalue weighted by Crippen LogP contribution is 2.48. The maximum Gasteiger partial charge on any atom is 0.161 e. The van der Waals surface area contributed by atoms with Gasteiger partial charge in [-0.1, -0.05) is 31.2 Å². The lowest BCUT2D eigenvalue weighted by molar-refractivity contribution is 0.122. The van der Waals surface area contributed by atoms with Crippen LogP contribution in [0.2, 0.25) is 0 Å². The molecule has 2 aliphatic rings. The number of rotatable bonds is 7. The van der Waals surface area contributed by atoms with Crippen LogP contribution in [0.4, 0.5) is 5.82 Å². The summed E-state index contributed by atoms with van der Waals surface area (Å²) in [5.41, 5.74) is 2.69. The number of ether oxygens (including phenoxy) is 1. The number of aromatic nitrogens is 2. The zero-order chi connectivity index (χ0) is 19.6. The molecule has 1 aliphatic heterocycles. The van der Waals surface area contributed by atoms with Gasteiger partial charge in [0.05, 0.1) is 24.7 Å². The van der Waals surface area contributed by atoms with Crippen LogP contribution in [0.3, 0.4) is 0 Å². The van der Waals surface area contributed by atoms with E-state index in [0.29, 0.717) is 19.0 Å². The van der Waals surface area contributed by atoms with Crippen LogP contribution in [0.25, 0.3) is 11.4 Å². The van der Waals surface area contributed by atoms with Crippen LogP contribution in [0.5, 0.6) is 0 Å². The number of hydrogen-bond acceptors (Lipinski definition) is 6. The normalized spacial score (nSPS) is 18.4. The Balaban J connectivity index is 1.73. The second-order valence-corrected chi connectivity index (χ2v) is 8.59. The van der Waals surface area contributed by atoms with Crippen molar-refractivity contribution in [1.82, 2.24) is 9.97 Å². The van der Waals surface area contributed by atoms with Crippen molar-refractivity contribution in [3.63, 3.8) is 0 Å². The minimum atomic E-state index is -2.45. The maximum atomic E-state index is 11.4. The van der Waals surface area contributed by atoms with Crippen molar-refractivity contribution in [3.8, 4) is 11.4 Å². The number of nitrogens with zero attached hydrogens (tertiary/aromatic N) is 3. The summed E-state index contributed by atoms with van der Waals surface area (Å²) >= 11 is 0. The standard InChI is InChI=1S/C21H26N3O3S/c1-2-3-16-4-6-17(7-5-16)20-22-18(21(8-9-21)15-28(25)26)14-19(23-20)24-10-12-27-13-11-24/h4-7,14,28H,1-3,8-13,15H2. The summed E-state index contributed by atoms with van der Waals surface area (Å²) in [6.45, 7) is 6.81. The first-order valence-corrected chi connectivity index (χ1v) is 11.2. The fourth-order valence-corrected chi connectivity index (χ4v) is 4.68. The van der Waals surface area contributed by atoms with Crippen molar-refractivity contribution in [2.45, 2.75) is 31.1 Å². The van der Waals surface area contributed by atoms with Gasteiger partial charge in [-0.05, 0) is 31.2 Å². The third-order valence-electron chi connectivity index (χ3n) is 5.55. The van der Waals surface area contributed by atoms with Gasteiger partial charge in [-0.2, -0.15) is 0 Å². The number of benzene rings is 1. The molecule has 1 aromatic carbocycles. The fourth-order valence-electron chi connectivity index (χ4n) is 3.71. The van der Waals surface area contributed by atoms with Crippen molar-refractivity contribution < 1.29 is 13.2 Å². The van der Waals surface area contributed by atoms with E-state index in [9.17, 15) is 8.42 Å². The van der Waals surface area contributed by atoms with Crippen molar-refractivity contribution in [2.75, 3.05) is 37.0 Å². The molecular weight excluding hydrogens is 374 g/mol. The highest BCUT2D eigenvalue weighted by atomic mass is 32.2. The lowest BCUT2D eigenvalue weighted by atomic mass is 10.0. The van der Waals surface area contributed by atoms with Gasteiger partial charge in [0.25, 0.3) is 0 Å². The van der Waals surface area contributed by atoms with Gasteiger partial charge in [0.1, 0.15) is 16.5 Å². The molecule has 1 saturated heterocycles. The lowest BCUT2D eigenvalue weighted by Gasteiger charge is -2.29. The predicted molar refractivity (Wildman–Crippen MR) is 110 cm³/mol. The molecule has 1 aromatic heterocycles. The van der Waals surface area contributed by atoms with E-state index in [0.717, 1.165) is 55.8 Å². The Kier molecular flexibility index (Phi) is 5.64. The van der Waals surface area contributed by atoms with E-state index in [2.05, 4.69) is 24.0 Å². The van der Waals surface area contributed by atoms with Crippen LogP contribution in [0.1, 0.15) is 30.5 Å². The molecule has 0 amide bonds. The number of aryl methyl sites for hydroxylation is 1. The summed E-state index contributed by atoms with van der Waals surface area (Å²) in [7, 11) is -2.45. The topological polar surface area (TPSA) is 72.4 Å². The van der Waals surface area contributed by atoms with Crippen molar-refractivity contribution >= 4 is 16.5 Å². The summed E-state index contributed by atoms with van der Waals surface area (Å²) in [6.07, 6.45) is 3.53. The zero-order valence-electron chi connectivity index (χ0n) is 16.0. The Morgan fingerprint density at radius 2 is 1.82 bits per heavy atom. The van der Waals surface area contributed by atoms with Gasteiger partial charge in [0.2, 0.25) is 0 Å². The third-order valence-corrected chi connectivity index (χ3v) is 6.42. The Morgan fingerprint density at radius 3 is 2.43 bits per heavy atom. The van der Waals surface area contributed by atoms with Crippen molar-refractivity contribution in [1.29, 1.82) is 0 Å². The molecule has 6 nitrogen and oxygen atoms in total. The molecule has 0 atom stereocenters. The molecule has 0 N–H and O–H groups in total. The predicted octanol–water partition coefficient (Wildman–Crippen LogP) is 2.39. The van der Waals surface area contributed by atoms with E-state index in [1.165, 1.54) is 5.56 Å². The molecule has 4 rings (SSSR count). The minimum Gasteiger partial charge on any atom is -0.378 e. The Bertz CT molecular complexity index is 894. The van der Waals surface area contributed by atoms with Crippen LogP contribution in [0, 0.1) is 6.92 Å². The molecule has 0 bridgehead atoms. The molecular formula is C21H26N3O3S. The van der Waals surface area contributed by atoms with Gasteiger partial charge >= 0.3 is 0 Å². The number of anilines is 1. The summed E-state index contributed by atoms with van der Waals surface area (Å²) in [4.78, 5) is 11.8. The second kappa shape index (κ2) is 8.17. The van der Waals surface area contributed by atoms with Gasteiger partial charge in [-0.25, -0.2) is 18.4 Å². The number of thiol groups is 1. The largest absolute Gasteiger partial charge is 0.378 e. The SMILES string of the molecule is [CH2]CCc1ccc(-c2nc(N3CCOCC3)cc(C3(C[SH](=O)=O)CC3)n2)cc1. The third kappa shape index (κ3) is 4.20. The molecule has 0 unspecified atom stereocenters. The maximum absolute atomic E-state index is 11.4. The van der Waals surface area contributed by atoms with Gasteiger partial charge in [-0.15, -0.1) is 0 Å². The fraction of sp³-hybridized carbons (Fsp3) is 0.476. The van der Waals surface area contributed by atoms with Crippen molar-refractivity contribution in [2.24, 2.45) is 0 Å². The molecule has 2 aromatic rings. The molecule has 149 valence electrons. The monoisotopic (exact) mass is 400 g/mol. The molecule has 28 heavy (non-hydrogen) atoms. The van der Waals surface area contributed by atoms with E-state index in [-0.39, 0.29) is 11.2 Å². The Labute approximate surface area is 167 Å². The molecule has 1 radical (unpaired) electrons. The van der Waals surface area contributed by atoms with Crippen molar-refractivity contribution in [3.05, 3.63) is 48.5 Å². The lowest BCUT2D eigenvalue weighted by Crippen LogP contribution is -2.37. The van der Waals surface area contributed by atoms with E-state index in [4.69, 9.17) is 14.7 Å². The summed E-state index contributed by atoms with van der Waals surface area (Å²) in [6, 6.07) is 10.2. The van der Waals surface area contributed by atoms with E-state index >= 15 is 0 Å². The summed E-state index contributed by atoms with van der Waals surface area (Å²) in [5, 5.41) is 0. The number of morpholine rings is 1. The highest BCUT2D eigenvalue weighted by Gasteiger charge is 2.47. The first-order valence-electron chi connectivity index (χ1n) is 9.82. The average Bonchev–Trinajstić information content (AvgIpc) is 3.49. The highest BCUT2D eigenvalue weighted by molar-refractivity contribution is 7.72. The van der Waals surface area contributed by atoms with Crippen LogP contribution >= 0.6 is 0 Å².